The number of ether oxygens (including phenoxy) is 2. The summed E-state index contributed by atoms with van der Waals surface area (Å²) in [5.74, 6) is 0. The van der Waals surface area contributed by atoms with Crippen LogP contribution in [0.4, 0.5) is 5.69 Å². The zero-order chi connectivity index (χ0) is 15.2. The summed E-state index contributed by atoms with van der Waals surface area (Å²) < 4.78 is 11.9. The van der Waals surface area contributed by atoms with Gasteiger partial charge in [0.15, 0.2) is 0 Å². The molecule has 1 aromatic heterocycles. The summed E-state index contributed by atoms with van der Waals surface area (Å²) in [6.45, 7) is 3.89. The zero-order valence-electron chi connectivity index (χ0n) is 12.3. The molecular weight excluding hydrogens is 296 g/mol. The highest BCUT2D eigenvalue weighted by atomic mass is 35.5. The number of methoxy groups -OCH3 is 1. The van der Waals surface area contributed by atoms with E-state index in [2.05, 4.69) is 22.4 Å². The van der Waals surface area contributed by atoms with Crippen LogP contribution in [0.3, 0.4) is 0 Å². The molecule has 1 unspecified atom stereocenters. The van der Waals surface area contributed by atoms with Gasteiger partial charge < -0.3 is 19.7 Å². The van der Waals surface area contributed by atoms with Crippen LogP contribution in [0.15, 0.2) is 11.0 Å². The maximum absolute atomic E-state index is 12.0. The second-order valence-electron chi connectivity index (χ2n) is 5.03. The molecule has 1 aliphatic heterocycles. The Morgan fingerprint density at radius 1 is 1.62 bits per heavy atom. The molecule has 0 bridgehead atoms. The van der Waals surface area contributed by atoms with E-state index in [4.69, 9.17) is 21.1 Å². The van der Waals surface area contributed by atoms with E-state index in [1.54, 1.807) is 13.3 Å². The molecule has 0 radical (unpaired) electrons. The Morgan fingerprint density at radius 3 is 3.14 bits per heavy atom. The summed E-state index contributed by atoms with van der Waals surface area (Å²) >= 11 is 6.10. The van der Waals surface area contributed by atoms with E-state index in [0.29, 0.717) is 32.0 Å². The van der Waals surface area contributed by atoms with Crippen molar-refractivity contribution < 1.29 is 9.47 Å². The van der Waals surface area contributed by atoms with Gasteiger partial charge in [0.05, 0.1) is 37.7 Å². The van der Waals surface area contributed by atoms with Gasteiger partial charge in [-0.2, -0.15) is 5.10 Å². The van der Waals surface area contributed by atoms with Crippen molar-refractivity contribution in [2.24, 2.45) is 0 Å². The first-order valence-corrected chi connectivity index (χ1v) is 7.28. The van der Waals surface area contributed by atoms with Crippen molar-refractivity contribution in [2.75, 3.05) is 52.3 Å². The van der Waals surface area contributed by atoms with Crippen LogP contribution >= 0.6 is 11.6 Å². The highest BCUT2D eigenvalue weighted by molar-refractivity contribution is 6.32. The molecular formula is C13H21ClN4O3. The predicted molar refractivity (Wildman–Crippen MR) is 81.1 cm³/mol. The Labute approximate surface area is 128 Å². The smallest absolute Gasteiger partial charge is 0.287 e. The number of likely N-dealkylation sites (N-methyl/N-ethyl adjacent to an activating group) is 1. The van der Waals surface area contributed by atoms with Gasteiger partial charge in [-0.15, -0.1) is 0 Å². The number of rotatable bonds is 6. The fraction of sp³-hybridized carbons (Fsp3) is 0.692. The van der Waals surface area contributed by atoms with Gasteiger partial charge in [0.25, 0.3) is 5.56 Å². The third kappa shape index (κ3) is 4.41. The van der Waals surface area contributed by atoms with Crippen LogP contribution in [0, 0.1) is 0 Å². The lowest BCUT2D eigenvalue weighted by molar-refractivity contribution is -0.0117. The zero-order valence-corrected chi connectivity index (χ0v) is 13.1. The minimum absolute atomic E-state index is 0.0794. The highest BCUT2D eigenvalue weighted by Crippen LogP contribution is 2.15. The summed E-state index contributed by atoms with van der Waals surface area (Å²) in [5.41, 5.74) is 0.215. The van der Waals surface area contributed by atoms with E-state index in [0.717, 1.165) is 13.1 Å². The number of nitrogens with one attached hydrogen (secondary N) is 1. The van der Waals surface area contributed by atoms with E-state index in [-0.39, 0.29) is 16.7 Å². The normalized spacial score (nSPS) is 19.7. The first-order chi connectivity index (χ1) is 10.1. The Kier molecular flexibility index (Phi) is 5.98. The third-order valence-corrected chi connectivity index (χ3v) is 3.72. The summed E-state index contributed by atoms with van der Waals surface area (Å²) in [7, 11) is 3.63. The van der Waals surface area contributed by atoms with Gasteiger partial charge in [-0.05, 0) is 7.05 Å². The van der Waals surface area contributed by atoms with Crippen molar-refractivity contribution in [1.29, 1.82) is 0 Å². The van der Waals surface area contributed by atoms with Crippen LogP contribution in [0.25, 0.3) is 0 Å². The predicted octanol–water partition coefficient (Wildman–Crippen LogP) is 0.286. The van der Waals surface area contributed by atoms with Gasteiger partial charge in [0.2, 0.25) is 0 Å². The van der Waals surface area contributed by atoms with Gasteiger partial charge in [-0.25, -0.2) is 4.68 Å². The molecule has 1 aromatic rings. The summed E-state index contributed by atoms with van der Waals surface area (Å²) in [5, 5.41) is 7.36. The molecule has 2 rings (SSSR count). The van der Waals surface area contributed by atoms with Crippen LogP contribution < -0.4 is 10.9 Å². The van der Waals surface area contributed by atoms with Crippen molar-refractivity contribution in [3.8, 4) is 0 Å². The monoisotopic (exact) mass is 316 g/mol. The van der Waals surface area contributed by atoms with Crippen LogP contribution in [0.5, 0.6) is 0 Å². The number of aromatic nitrogens is 2. The average Bonchev–Trinajstić information content (AvgIpc) is 2.48. The minimum Gasteiger partial charge on any atom is -0.383 e. The first-order valence-electron chi connectivity index (χ1n) is 6.90. The summed E-state index contributed by atoms with van der Waals surface area (Å²) in [6, 6.07) is 0. The Balaban J connectivity index is 1.97. The minimum atomic E-state index is -0.319. The van der Waals surface area contributed by atoms with Gasteiger partial charge in [0.1, 0.15) is 5.02 Å². The van der Waals surface area contributed by atoms with Crippen molar-refractivity contribution >= 4 is 17.3 Å². The molecule has 1 aliphatic rings. The highest BCUT2D eigenvalue weighted by Gasteiger charge is 2.18. The number of nitrogens with zero attached hydrogens (tertiary/aromatic N) is 3. The lowest BCUT2D eigenvalue weighted by atomic mass is 10.3. The lowest BCUT2D eigenvalue weighted by Gasteiger charge is -2.30. The van der Waals surface area contributed by atoms with E-state index < -0.39 is 0 Å². The van der Waals surface area contributed by atoms with Crippen molar-refractivity contribution in [3.05, 3.63) is 21.6 Å². The van der Waals surface area contributed by atoms with Crippen molar-refractivity contribution in [2.45, 2.75) is 12.6 Å². The second kappa shape index (κ2) is 7.74. The SMILES string of the molecule is COCCn1ncc(NCC2CN(C)CCO2)c(Cl)c1=O. The molecule has 0 spiro atoms. The van der Waals surface area contributed by atoms with Gasteiger partial charge >= 0.3 is 0 Å². The van der Waals surface area contributed by atoms with E-state index in [1.165, 1.54) is 4.68 Å². The lowest BCUT2D eigenvalue weighted by Crippen LogP contribution is -2.43. The molecule has 2 heterocycles. The molecule has 21 heavy (non-hydrogen) atoms. The Bertz CT molecular complexity index is 523. The molecule has 0 aromatic carbocycles. The molecule has 1 saturated heterocycles. The number of halogens is 1. The fourth-order valence-electron chi connectivity index (χ4n) is 2.14. The van der Waals surface area contributed by atoms with Gasteiger partial charge in [0, 0.05) is 26.7 Å². The van der Waals surface area contributed by atoms with Gasteiger partial charge in [-0.3, -0.25) is 4.79 Å². The van der Waals surface area contributed by atoms with Crippen LogP contribution in [-0.2, 0) is 16.0 Å². The summed E-state index contributed by atoms with van der Waals surface area (Å²) in [4.78, 5) is 14.2. The molecule has 0 saturated carbocycles. The van der Waals surface area contributed by atoms with Crippen LogP contribution in [0.2, 0.25) is 5.02 Å². The topological polar surface area (TPSA) is 68.6 Å². The number of hydrogen-bond acceptors (Lipinski definition) is 6. The molecule has 118 valence electrons. The molecule has 8 heteroatoms. The second-order valence-corrected chi connectivity index (χ2v) is 5.41. The molecule has 7 nitrogen and oxygen atoms in total. The van der Waals surface area contributed by atoms with Gasteiger partial charge in [-0.1, -0.05) is 11.6 Å². The van der Waals surface area contributed by atoms with E-state index >= 15 is 0 Å². The number of morpholine rings is 1. The van der Waals surface area contributed by atoms with Crippen LogP contribution in [-0.4, -0.2) is 67.8 Å². The standard InChI is InChI=1S/C13H21ClN4O3/c1-17-3-6-21-10(9-17)7-15-11-8-16-18(4-5-20-2)13(19)12(11)14/h8,10,15H,3-7,9H2,1-2H3. The first kappa shape index (κ1) is 16.2. The molecule has 0 aliphatic carbocycles. The van der Waals surface area contributed by atoms with E-state index in [9.17, 15) is 4.79 Å². The average molecular weight is 317 g/mol. The van der Waals surface area contributed by atoms with Crippen molar-refractivity contribution in [1.82, 2.24) is 14.7 Å². The molecule has 1 atom stereocenters. The molecule has 1 N–H and O–H groups in total. The fourth-order valence-corrected chi connectivity index (χ4v) is 2.35. The largest absolute Gasteiger partial charge is 0.383 e. The Morgan fingerprint density at radius 2 is 2.43 bits per heavy atom. The van der Waals surface area contributed by atoms with E-state index in [1.807, 2.05) is 0 Å². The number of anilines is 1. The van der Waals surface area contributed by atoms with Crippen LogP contribution in [0.1, 0.15) is 0 Å². The maximum Gasteiger partial charge on any atom is 0.287 e. The molecule has 0 amide bonds. The quantitative estimate of drug-likeness (QED) is 0.813. The Hall–Kier alpha value is -1.15. The summed E-state index contributed by atoms with van der Waals surface area (Å²) in [6.07, 6.45) is 1.64. The van der Waals surface area contributed by atoms with Crippen molar-refractivity contribution in [3.63, 3.8) is 0 Å². The number of hydrogen-bond donors (Lipinski definition) is 1. The third-order valence-electron chi connectivity index (χ3n) is 3.35. The maximum atomic E-state index is 12.0. The molecule has 1 fully saturated rings.